The van der Waals surface area contributed by atoms with Crippen molar-refractivity contribution in [2.45, 2.75) is 58.4 Å². The molecule has 8 nitrogen and oxygen atoms in total. The van der Waals surface area contributed by atoms with E-state index in [-0.39, 0.29) is 18.5 Å². The van der Waals surface area contributed by atoms with Gasteiger partial charge in [0, 0.05) is 24.2 Å². The van der Waals surface area contributed by atoms with Gasteiger partial charge in [0.15, 0.2) is 0 Å². The number of carbonyl (C=O) groups excluding carboxylic acids is 2. The lowest BCUT2D eigenvalue weighted by Gasteiger charge is -2.34. The van der Waals surface area contributed by atoms with E-state index in [1.54, 1.807) is 30.0 Å². The van der Waals surface area contributed by atoms with Crippen LogP contribution in [0.4, 0.5) is 18.0 Å². The van der Waals surface area contributed by atoms with Crippen LogP contribution in [0.25, 0.3) is 11.1 Å². The largest absolute Gasteiger partial charge is 0.416 e. The number of fused-ring (bicyclic) bond motifs is 1. The first kappa shape index (κ1) is 26.2. The van der Waals surface area contributed by atoms with Gasteiger partial charge in [-0.05, 0) is 74.6 Å². The van der Waals surface area contributed by atoms with E-state index in [0.29, 0.717) is 41.0 Å². The van der Waals surface area contributed by atoms with Gasteiger partial charge in [0.25, 0.3) is 5.91 Å². The number of carbonyl (C=O) groups is 2. The van der Waals surface area contributed by atoms with Crippen LogP contribution in [0.15, 0.2) is 42.7 Å². The Morgan fingerprint density at radius 2 is 1.86 bits per heavy atom. The van der Waals surface area contributed by atoms with Crippen molar-refractivity contribution in [2.75, 3.05) is 6.54 Å². The molecule has 1 unspecified atom stereocenters. The summed E-state index contributed by atoms with van der Waals surface area (Å²) in [5.41, 5.74) is 1.52. The standard InChI is InChI=1S/C26H29F3N6O2/c1-15(22-30-14-31-34-22)32-23(36)20-9-8-18(16-6-5-7-17(12-16)26(27,28)29)19-10-11-35(13-21(19)20)24(37)33-25(2,3)4/h5-9,12,14-15H,10-11,13H2,1-4H3,(H,32,36)(H,33,37)(H,30,31,34). The summed E-state index contributed by atoms with van der Waals surface area (Å²) >= 11 is 0. The number of nitrogens with zero attached hydrogens (tertiary/aromatic N) is 3. The Kier molecular flexibility index (Phi) is 6.98. The molecule has 3 aromatic rings. The molecule has 0 aliphatic carbocycles. The van der Waals surface area contributed by atoms with Crippen molar-refractivity contribution in [3.63, 3.8) is 0 Å². The molecule has 3 N–H and O–H groups in total. The molecule has 0 saturated carbocycles. The smallest absolute Gasteiger partial charge is 0.342 e. The number of amides is 3. The molecular weight excluding hydrogens is 485 g/mol. The van der Waals surface area contributed by atoms with E-state index >= 15 is 0 Å². The molecular formula is C26H29F3N6O2. The molecule has 2 aromatic carbocycles. The summed E-state index contributed by atoms with van der Waals surface area (Å²) in [7, 11) is 0. The van der Waals surface area contributed by atoms with E-state index in [0.717, 1.165) is 17.7 Å². The minimum absolute atomic E-state index is 0.142. The minimum Gasteiger partial charge on any atom is -0.342 e. The van der Waals surface area contributed by atoms with Crippen LogP contribution in [-0.2, 0) is 19.1 Å². The van der Waals surface area contributed by atoms with Gasteiger partial charge in [-0.2, -0.15) is 18.3 Å². The van der Waals surface area contributed by atoms with E-state index < -0.39 is 23.3 Å². The van der Waals surface area contributed by atoms with E-state index in [2.05, 4.69) is 25.8 Å². The Morgan fingerprint density at radius 3 is 2.51 bits per heavy atom. The second-order valence-corrected chi connectivity index (χ2v) is 10.1. The molecule has 11 heteroatoms. The maximum atomic E-state index is 13.4. The minimum atomic E-state index is -4.48. The number of aromatic nitrogens is 3. The summed E-state index contributed by atoms with van der Waals surface area (Å²) in [6.45, 7) is 7.88. The van der Waals surface area contributed by atoms with Gasteiger partial charge in [0.05, 0.1) is 11.6 Å². The van der Waals surface area contributed by atoms with E-state index in [1.165, 1.54) is 12.4 Å². The molecule has 1 aliphatic rings. The average Bonchev–Trinajstić information content (AvgIpc) is 3.36. The van der Waals surface area contributed by atoms with Crippen LogP contribution in [0.2, 0.25) is 0 Å². The van der Waals surface area contributed by atoms with E-state index in [4.69, 9.17) is 0 Å². The number of H-pyrrole nitrogens is 1. The molecule has 0 radical (unpaired) electrons. The van der Waals surface area contributed by atoms with Gasteiger partial charge >= 0.3 is 12.2 Å². The Hall–Kier alpha value is -3.89. The lowest BCUT2D eigenvalue weighted by Crippen LogP contribution is -2.50. The van der Waals surface area contributed by atoms with Gasteiger partial charge in [0.2, 0.25) is 0 Å². The van der Waals surface area contributed by atoms with Gasteiger partial charge < -0.3 is 15.5 Å². The molecule has 0 saturated heterocycles. The highest BCUT2D eigenvalue weighted by Crippen LogP contribution is 2.36. The zero-order valence-corrected chi connectivity index (χ0v) is 21.0. The van der Waals surface area contributed by atoms with Crippen LogP contribution >= 0.6 is 0 Å². The first-order valence-corrected chi connectivity index (χ1v) is 11.9. The Morgan fingerprint density at radius 1 is 1.11 bits per heavy atom. The third-order valence-corrected chi connectivity index (χ3v) is 6.12. The monoisotopic (exact) mass is 514 g/mol. The van der Waals surface area contributed by atoms with Crippen molar-refractivity contribution in [3.8, 4) is 11.1 Å². The first-order valence-electron chi connectivity index (χ1n) is 11.9. The molecule has 1 aromatic heterocycles. The molecule has 0 bridgehead atoms. The second kappa shape index (κ2) is 9.87. The molecule has 4 rings (SSSR count). The zero-order valence-electron chi connectivity index (χ0n) is 21.0. The average molecular weight is 515 g/mol. The predicted molar refractivity (Wildman–Crippen MR) is 132 cm³/mol. The van der Waals surface area contributed by atoms with Gasteiger partial charge in [-0.3, -0.25) is 9.89 Å². The van der Waals surface area contributed by atoms with Crippen molar-refractivity contribution in [2.24, 2.45) is 0 Å². The Balaban J connectivity index is 1.74. The van der Waals surface area contributed by atoms with E-state index in [9.17, 15) is 22.8 Å². The summed E-state index contributed by atoms with van der Waals surface area (Å²) in [5, 5.41) is 12.3. The first-order chi connectivity index (χ1) is 17.3. The summed E-state index contributed by atoms with van der Waals surface area (Å²) in [4.78, 5) is 31.9. The lowest BCUT2D eigenvalue weighted by atomic mass is 9.87. The van der Waals surface area contributed by atoms with Crippen molar-refractivity contribution >= 4 is 11.9 Å². The van der Waals surface area contributed by atoms with Crippen molar-refractivity contribution in [1.29, 1.82) is 0 Å². The molecule has 196 valence electrons. The normalized spacial score (nSPS) is 14.6. The highest BCUT2D eigenvalue weighted by atomic mass is 19.4. The highest BCUT2D eigenvalue weighted by molar-refractivity contribution is 5.97. The fourth-order valence-electron chi connectivity index (χ4n) is 4.36. The van der Waals surface area contributed by atoms with Crippen molar-refractivity contribution in [1.82, 2.24) is 30.7 Å². The topological polar surface area (TPSA) is 103 Å². The molecule has 37 heavy (non-hydrogen) atoms. The number of halogens is 3. The third kappa shape index (κ3) is 5.92. The van der Waals surface area contributed by atoms with Crippen LogP contribution in [0.3, 0.4) is 0 Å². The molecule has 1 atom stereocenters. The summed E-state index contributed by atoms with van der Waals surface area (Å²) in [5.74, 6) is 0.0998. The zero-order chi connectivity index (χ0) is 27.0. The quantitative estimate of drug-likeness (QED) is 0.463. The molecule has 3 amide bonds. The van der Waals surface area contributed by atoms with Crippen molar-refractivity contribution in [3.05, 3.63) is 70.8 Å². The second-order valence-electron chi connectivity index (χ2n) is 10.1. The summed E-state index contributed by atoms with van der Waals surface area (Å²) in [6.07, 6.45) is -2.75. The SMILES string of the molecule is CC(NC(=O)c1ccc(-c2cccc(C(F)(F)F)c2)c2c1CN(C(=O)NC(C)(C)C)CC2)c1ncn[nH]1. The summed E-state index contributed by atoms with van der Waals surface area (Å²) in [6, 6.07) is 7.67. The van der Waals surface area contributed by atoms with Gasteiger partial charge in [-0.15, -0.1) is 0 Å². The number of hydrogen-bond donors (Lipinski definition) is 3. The molecule has 1 aliphatic heterocycles. The maximum absolute atomic E-state index is 13.4. The molecule has 0 fully saturated rings. The third-order valence-electron chi connectivity index (χ3n) is 6.12. The number of urea groups is 1. The fraction of sp³-hybridized carbons (Fsp3) is 0.385. The van der Waals surface area contributed by atoms with Crippen LogP contribution in [-0.4, -0.2) is 44.1 Å². The van der Waals surface area contributed by atoms with Gasteiger partial charge in [0.1, 0.15) is 12.2 Å². The molecule has 0 spiro atoms. The predicted octanol–water partition coefficient (Wildman–Crippen LogP) is 4.85. The van der Waals surface area contributed by atoms with Gasteiger partial charge in [-0.25, -0.2) is 9.78 Å². The number of hydrogen-bond acceptors (Lipinski definition) is 4. The van der Waals surface area contributed by atoms with Crippen LogP contribution in [0, 0.1) is 0 Å². The number of benzene rings is 2. The van der Waals surface area contributed by atoms with Crippen molar-refractivity contribution < 1.29 is 22.8 Å². The number of nitrogens with one attached hydrogen (secondary N) is 3. The fourth-order valence-corrected chi connectivity index (χ4v) is 4.36. The van der Waals surface area contributed by atoms with Gasteiger partial charge in [-0.1, -0.05) is 18.2 Å². The number of aromatic amines is 1. The Labute approximate surface area is 212 Å². The van der Waals surface area contributed by atoms with E-state index in [1.807, 2.05) is 20.8 Å². The maximum Gasteiger partial charge on any atom is 0.416 e. The Bertz CT molecular complexity index is 1300. The highest BCUT2D eigenvalue weighted by Gasteiger charge is 2.32. The summed E-state index contributed by atoms with van der Waals surface area (Å²) < 4.78 is 40.2. The van der Waals surface area contributed by atoms with Crippen LogP contribution in [0.5, 0.6) is 0 Å². The number of alkyl halides is 3. The van der Waals surface area contributed by atoms with Crippen LogP contribution in [0.1, 0.15) is 66.6 Å². The lowest BCUT2D eigenvalue weighted by molar-refractivity contribution is -0.137. The van der Waals surface area contributed by atoms with Crippen LogP contribution < -0.4 is 10.6 Å². The molecule has 2 heterocycles. The number of rotatable bonds is 4.